The van der Waals surface area contributed by atoms with Gasteiger partial charge in [-0.2, -0.15) is 0 Å². The highest BCUT2D eigenvalue weighted by atomic mass is 79.9. The molecule has 78 valence electrons. The van der Waals surface area contributed by atoms with Crippen molar-refractivity contribution >= 4 is 27.3 Å². The second-order valence-corrected chi connectivity index (χ2v) is 5.18. The molecule has 0 fully saturated rings. The zero-order valence-corrected chi connectivity index (χ0v) is 10.2. The molecular weight excluding hydrogens is 277 g/mol. The number of nitrogens with two attached hydrogens (primary N) is 1. The monoisotopic (exact) mass is 285 g/mol. The quantitative estimate of drug-likeness (QED) is 0.893. The second kappa shape index (κ2) is 4.43. The molecule has 0 unspecified atom stereocenters. The molecule has 4 heteroatoms. The molecule has 0 bridgehead atoms. The lowest BCUT2D eigenvalue weighted by Gasteiger charge is -2.00. The van der Waals surface area contributed by atoms with Crippen LogP contribution in [-0.4, -0.2) is 0 Å². The normalized spacial score (nSPS) is 10.6. The van der Waals surface area contributed by atoms with Gasteiger partial charge in [0.25, 0.3) is 0 Å². The maximum atomic E-state index is 13.6. The number of rotatable bonds is 2. The summed E-state index contributed by atoms with van der Waals surface area (Å²) in [5, 5.41) is 0. The van der Waals surface area contributed by atoms with Crippen LogP contribution in [0.25, 0.3) is 10.4 Å². The molecule has 0 aliphatic heterocycles. The molecule has 0 atom stereocenters. The van der Waals surface area contributed by atoms with Crippen LogP contribution in [-0.2, 0) is 6.54 Å². The molecule has 0 amide bonds. The Morgan fingerprint density at radius 3 is 2.67 bits per heavy atom. The van der Waals surface area contributed by atoms with Crippen LogP contribution in [0.5, 0.6) is 0 Å². The molecule has 15 heavy (non-hydrogen) atoms. The van der Waals surface area contributed by atoms with Crippen molar-refractivity contribution in [2.45, 2.75) is 6.54 Å². The van der Waals surface area contributed by atoms with Gasteiger partial charge in [-0.3, -0.25) is 0 Å². The summed E-state index contributed by atoms with van der Waals surface area (Å²) in [5.74, 6) is -0.213. The van der Waals surface area contributed by atoms with E-state index in [0.29, 0.717) is 12.1 Å². The summed E-state index contributed by atoms with van der Waals surface area (Å²) in [5.41, 5.74) is 6.14. The molecule has 1 aromatic carbocycles. The van der Waals surface area contributed by atoms with Crippen molar-refractivity contribution in [3.05, 3.63) is 45.5 Å². The summed E-state index contributed by atoms with van der Waals surface area (Å²) in [6, 6.07) is 8.91. The van der Waals surface area contributed by atoms with Gasteiger partial charge in [0.05, 0.1) is 0 Å². The van der Waals surface area contributed by atoms with Crippen molar-refractivity contribution in [3.8, 4) is 10.4 Å². The molecule has 1 aromatic heterocycles. The Morgan fingerprint density at radius 2 is 2.07 bits per heavy atom. The number of hydrogen-bond donors (Lipinski definition) is 1. The van der Waals surface area contributed by atoms with Gasteiger partial charge in [0.15, 0.2) is 0 Å². The van der Waals surface area contributed by atoms with Crippen LogP contribution in [0.15, 0.2) is 34.8 Å². The Kier molecular flexibility index (Phi) is 3.19. The number of hydrogen-bond acceptors (Lipinski definition) is 2. The van der Waals surface area contributed by atoms with E-state index in [1.807, 2.05) is 18.2 Å². The van der Waals surface area contributed by atoms with E-state index in [9.17, 15) is 4.39 Å². The standard InChI is InChI=1S/C11H9BrFNS/c12-7-1-3-9(10(13)5-7)11-4-2-8(6-14)15-11/h1-5H,6,14H2. The molecule has 0 saturated carbocycles. The van der Waals surface area contributed by atoms with Crippen molar-refractivity contribution in [1.29, 1.82) is 0 Å². The Hall–Kier alpha value is -0.710. The fourth-order valence-electron chi connectivity index (χ4n) is 1.32. The van der Waals surface area contributed by atoms with Gasteiger partial charge >= 0.3 is 0 Å². The van der Waals surface area contributed by atoms with Gasteiger partial charge in [0, 0.05) is 26.3 Å². The Bertz CT molecular complexity index is 481. The summed E-state index contributed by atoms with van der Waals surface area (Å²) >= 11 is 4.76. The van der Waals surface area contributed by atoms with Gasteiger partial charge < -0.3 is 5.73 Å². The Morgan fingerprint density at radius 1 is 1.27 bits per heavy atom. The lowest BCUT2D eigenvalue weighted by atomic mass is 10.2. The molecule has 0 radical (unpaired) electrons. The van der Waals surface area contributed by atoms with Gasteiger partial charge in [0.1, 0.15) is 5.82 Å². The molecule has 0 saturated heterocycles. The smallest absolute Gasteiger partial charge is 0.132 e. The molecule has 0 aliphatic rings. The topological polar surface area (TPSA) is 26.0 Å². The van der Waals surface area contributed by atoms with Crippen molar-refractivity contribution in [1.82, 2.24) is 0 Å². The van der Waals surface area contributed by atoms with E-state index in [2.05, 4.69) is 15.9 Å². The first-order chi connectivity index (χ1) is 7.20. The molecule has 2 aromatic rings. The van der Waals surface area contributed by atoms with E-state index >= 15 is 0 Å². The van der Waals surface area contributed by atoms with Gasteiger partial charge in [-0.15, -0.1) is 11.3 Å². The maximum absolute atomic E-state index is 13.6. The fraction of sp³-hybridized carbons (Fsp3) is 0.0909. The molecule has 1 nitrogen and oxygen atoms in total. The zero-order valence-electron chi connectivity index (χ0n) is 7.84. The van der Waals surface area contributed by atoms with Crippen molar-refractivity contribution in [3.63, 3.8) is 0 Å². The van der Waals surface area contributed by atoms with E-state index < -0.39 is 0 Å². The lowest BCUT2D eigenvalue weighted by Crippen LogP contribution is -1.91. The summed E-state index contributed by atoms with van der Waals surface area (Å²) in [7, 11) is 0. The average molecular weight is 286 g/mol. The van der Waals surface area contributed by atoms with Crippen LogP contribution in [0.3, 0.4) is 0 Å². The van der Waals surface area contributed by atoms with E-state index in [1.54, 1.807) is 6.07 Å². The number of benzene rings is 1. The fourth-order valence-corrected chi connectivity index (χ4v) is 2.57. The average Bonchev–Trinajstić information content (AvgIpc) is 2.66. The first-order valence-electron chi connectivity index (χ1n) is 4.45. The van der Waals surface area contributed by atoms with Crippen LogP contribution in [0.4, 0.5) is 4.39 Å². The third-order valence-electron chi connectivity index (χ3n) is 2.06. The van der Waals surface area contributed by atoms with Crippen LogP contribution in [0.2, 0.25) is 0 Å². The van der Waals surface area contributed by atoms with E-state index in [1.165, 1.54) is 17.4 Å². The molecule has 0 aliphatic carbocycles. The summed E-state index contributed by atoms with van der Waals surface area (Å²) in [6.07, 6.45) is 0. The van der Waals surface area contributed by atoms with Gasteiger partial charge in [-0.25, -0.2) is 4.39 Å². The third-order valence-corrected chi connectivity index (χ3v) is 3.69. The van der Waals surface area contributed by atoms with E-state index in [0.717, 1.165) is 14.2 Å². The Balaban J connectivity index is 2.44. The highest BCUT2D eigenvalue weighted by molar-refractivity contribution is 9.10. The van der Waals surface area contributed by atoms with Crippen LogP contribution in [0.1, 0.15) is 4.88 Å². The first-order valence-corrected chi connectivity index (χ1v) is 6.06. The molecule has 1 heterocycles. The second-order valence-electron chi connectivity index (χ2n) is 3.09. The van der Waals surface area contributed by atoms with Gasteiger partial charge in [-0.1, -0.05) is 15.9 Å². The predicted octanol–water partition coefficient (Wildman–Crippen LogP) is 3.78. The minimum Gasteiger partial charge on any atom is -0.326 e. The van der Waals surface area contributed by atoms with Gasteiger partial charge in [-0.05, 0) is 30.3 Å². The largest absolute Gasteiger partial charge is 0.326 e. The highest BCUT2D eigenvalue weighted by Gasteiger charge is 2.07. The van der Waals surface area contributed by atoms with E-state index in [4.69, 9.17) is 5.73 Å². The minimum atomic E-state index is -0.213. The summed E-state index contributed by atoms with van der Waals surface area (Å²) in [6.45, 7) is 0.503. The molecule has 0 spiro atoms. The molecule has 2 N–H and O–H groups in total. The molecule has 2 rings (SSSR count). The third kappa shape index (κ3) is 2.27. The van der Waals surface area contributed by atoms with Crippen LogP contribution < -0.4 is 5.73 Å². The van der Waals surface area contributed by atoms with E-state index in [-0.39, 0.29) is 5.82 Å². The zero-order chi connectivity index (χ0) is 10.8. The minimum absolute atomic E-state index is 0.213. The predicted molar refractivity (Wildman–Crippen MR) is 65.3 cm³/mol. The van der Waals surface area contributed by atoms with Crippen molar-refractivity contribution < 1.29 is 4.39 Å². The highest BCUT2D eigenvalue weighted by Crippen LogP contribution is 2.31. The number of halogens is 2. The summed E-state index contributed by atoms with van der Waals surface area (Å²) < 4.78 is 14.3. The maximum Gasteiger partial charge on any atom is 0.132 e. The lowest BCUT2D eigenvalue weighted by molar-refractivity contribution is 0.631. The van der Waals surface area contributed by atoms with Crippen LogP contribution >= 0.6 is 27.3 Å². The van der Waals surface area contributed by atoms with Crippen molar-refractivity contribution in [2.24, 2.45) is 5.73 Å². The van der Waals surface area contributed by atoms with Crippen LogP contribution in [0, 0.1) is 5.82 Å². The van der Waals surface area contributed by atoms with Gasteiger partial charge in [0.2, 0.25) is 0 Å². The van der Waals surface area contributed by atoms with Crippen molar-refractivity contribution in [2.75, 3.05) is 0 Å². The SMILES string of the molecule is NCc1ccc(-c2ccc(Br)cc2F)s1. The summed E-state index contributed by atoms with van der Waals surface area (Å²) in [4.78, 5) is 1.98. The first kappa shape index (κ1) is 10.8. The number of thiophene rings is 1. The molecular formula is C11H9BrFNS. The Labute approximate surface area is 99.9 Å².